The number of amides is 2. The van der Waals surface area contributed by atoms with Crippen LogP contribution in [0.5, 0.6) is 0 Å². The van der Waals surface area contributed by atoms with Crippen molar-refractivity contribution in [2.75, 3.05) is 25.1 Å². The van der Waals surface area contributed by atoms with Gasteiger partial charge >= 0.3 is 0 Å². The Morgan fingerprint density at radius 2 is 1.90 bits per heavy atom. The summed E-state index contributed by atoms with van der Waals surface area (Å²) in [5.74, 6) is -0.147. The monoisotopic (exact) mass is 288 g/mol. The number of rotatable bonds is 4. The van der Waals surface area contributed by atoms with Crippen LogP contribution in [0.15, 0.2) is 34.7 Å². The molecule has 0 saturated carbocycles. The molecule has 6 N–H and O–H groups in total. The summed E-state index contributed by atoms with van der Waals surface area (Å²) in [6, 6.07) is 8.26. The van der Waals surface area contributed by atoms with Crippen molar-refractivity contribution in [3.63, 3.8) is 0 Å². The predicted octanol–water partition coefficient (Wildman–Crippen LogP) is 0.587. The number of hydrogen-bond donors (Lipinski definition) is 4. The van der Waals surface area contributed by atoms with Crippen molar-refractivity contribution in [1.82, 2.24) is 10.6 Å². The van der Waals surface area contributed by atoms with Crippen molar-refractivity contribution in [2.45, 2.75) is 0 Å². The molecule has 0 fully saturated rings. The van der Waals surface area contributed by atoms with Crippen molar-refractivity contribution < 1.29 is 14.0 Å². The van der Waals surface area contributed by atoms with Gasteiger partial charge in [0, 0.05) is 12.6 Å². The Kier molecular flexibility index (Phi) is 4.13. The van der Waals surface area contributed by atoms with Crippen LogP contribution in [-0.4, -0.2) is 25.4 Å². The molecule has 0 spiro atoms. The highest BCUT2D eigenvalue weighted by atomic mass is 16.3. The minimum atomic E-state index is -0.465. The van der Waals surface area contributed by atoms with Crippen molar-refractivity contribution in [2.24, 2.45) is 0 Å². The second kappa shape index (κ2) is 6.00. The summed E-state index contributed by atoms with van der Waals surface area (Å²) >= 11 is 0. The Morgan fingerprint density at radius 3 is 2.57 bits per heavy atom. The topological polar surface area (TPSA) is 123 Å². The Morgan fingerprint density at radius 1 is 1.14 bits per heavy atom. The van der Waals surface area contributed by atoms with Gasteiger partial charge in [0.2, 0.25) is 5.91 Å². The molecule has 2 aromatic rings. The molecule has 0 saturated heterocycles. The minimum Gasteiger partial charge on any atom is -0.451 e. The lowest BCUT2D eigenvalue weighted by Gasteiger charge is -2.03. The van der Waals surface area contributed by atoms with Crippen molar-refractivity contribution >= 4 is 23.2 Å². The third kappa shape index (κ3) is 3.33. The summed E-state index contributed by atoms with van der Waals surface area (Å²) in [6.07, 6.45) is 0. The number of carbonyl (C=O) groups is 2. The molecule has 110 valence electrons. The van der Waals surface area contributed by atoms with Crippen molar-refractivity contribution in [1.29, 1.82) is 0 Å². The predicted molar refractivity (Wildman–Crippen MR) is 79.4 cm³/mol. The largest absolute Gasteiger partial charge is 0.451 e. The van der Waals surface area contributed by atoms with E-state index >= 15 is 0 Å². The van der Waals surface area contributed by atoms with E-state index in [0.29, 0.717) is 22.7 Å². The summed E-state index contributed by atoms with van der Waals surface area (Å²) in [7, 11) is 1.49. The lowest BCUT2D eigenvalue weighted by atomic mass is 10.1. The highest BCUT2D eigenvalue weighted by molar-refractivity contribution is 5.94. The van der Waals surface area contributed by atoms with Crippen LogP contribution in [-0.2, 0) is 4.79 Å². The molecule has 0 bridgehead atoms. The molecule has 2 rings (SSSR count). The van der Waals surface area contributed by atoms with Gasteiger partial charge in [-0.25, -0.2) is 0 Å². The molecule has 0 aliphatic carbocycles. The summed E-state index contributed by atoms with van der Waals surface area (Å²) in [5.41, 5.74) is 13.0. The maximum Gasteiger partial charge on any atom is 0.287 e. The first-order valence-corrected chi connectivity index (χ1v) is 6.25. The van der Waals surface area contributed by atoms with Crippen LogP contribution in [0.3, 0.4) is 0 Å². The summed E-state index contributed by atoms with van der Waals surface area (Å²) < 4.78 is 5.45. The van der Waals surface area contributed by atoms with Gasteiger partial charge in [-0.2, -0.15) is 0 Å². The smallest absolute Gasteiger partial charge is 0.287 e. The van der Waals surface area contributed by atoms with E-state index in [1.807, 2.05) is 0 Å². The van der Waals surface area contributed by atoms with E-state index in [-0.39, 0.29) is 18.2 Å². The highest BCUT2D eigenvalue weighted by Crippen LogP contribution is 2.26. The fraction of sp³-hybridized carbons (Fsp3) is 0.143. The average Bonchev–Trinajstić information content (AvgIpc) is 2.97. The zero-order valence-electron chi connectivity index (χ0n) is 11.5. The van der Waals surface area contributed by atoms with Gasteiger partial charge in [-0.15, -0.1) is 0 Å². The molecule has 0 unspecified atom stereocenters. The molecule has 21 heavy (non-hydrogen) atoms. The van der Waals surface area contributed by atoms with E-state index in [0.717, 1.165) is 0 Å². The number of nitrogens with one attached hydrogen (secondary N) is 2. The maximum atomic E-state index is 11.8. The fourth-order valence-corrected chi connectivity index (χ4v) is 1.68. The molecule has 0 aliphatic heterocycles. The first-order chi connectivity index (χ1) is 10.0. The number of likely N-dealkylation sites (N-methyl/N-ethyl adjacent to an activating group) is 1. The van der Waals surface area contributed by atoms with Gasteiger partial charge in [-0.3, -0.25) is 9.59 Å². The van der Waals surface area contributed by atoms with Gasteiger partial charge in [0.05, 0.1) is 17.9 Å². The summed E-state index contributed by atoms with van der Waals surface area (Å²) in [4.78, 5) is 22.9. The highest BCUT2D eigenvalue weighted by Gasteiger charge is 2.13. The van der Waals surface area contributed by atoms with Crippen LogP contribution >= 0.6 is 0 Å². The number of nitrogen functional groups attached to an aromatic ring is 2. The molecule has 0 radical (unpaired) electrons. The molecule has 2 amide bonds. The maximum absolute atomic E-state index is 11.8. The number of nitrogens with two attached hydrogens (primary N) is 2. The number of furan rings is 1. The lowest BCUT2D eigenvalue weighted by molar-refractivity contribution is -0.119. The normalized spacial score (nSPS) is 10.1. The van der Waals surface area contributed by atoms with Crippen molar-refractivity contribution in [3.05, 3.63) is 36.1 Å². The lowest BCUT2D eigenvalue weighted by Crippen LogP contribution is -2.34. The van der Waals surface area contributed by atoms with E-state index < -0.39 is 5.91 Å². The third-order valence-corrected chi connectivity index (χ3v) is 2.89. The molecule has 0 aliphatic rings. The summed E-state index contributed by atoms with van der Waals surface area (Å²) in [5, 5.41) is 4.85. The minimum absolute atomic E-state index is 0.111. The third-order valence-electron chi connectivity index (χ3n) is 2.89. The zero-order valence-corrected chi connectivity index (χ0v) is 11.5. The number of carbonyl (C=O) groups excluding carboxylic acids is 2. The average molecular weight is 288 g/mol. The number of benzene rings is 1. The number of anilines is 2. The molecule has 7 heteroatoms. The second-order valence-corrected chi connectivity index (χ2v) is 4.36. The molecule has 1 heterocycles. The fourth-order valence-electron chi connectivity index (χ4n) is 1.68. The van der Waals surface area contributed by atoms with E-state index in [1.165, 1.54) is 13.1 Å². The standard InChI is InChI=1S/C14H16N4O3/c1-17-13(19)7-18-14(20)12-5-4-11(21-12)8-2-3-9(15)10(16)6-8/h2-6H,7,15-16H2,1H3,(H,17,19)(H,18,20). The van der Waals surface area contributed by atoms with Crippen LogP contribution in [0.1, 0.15) is 10.6 Å². The Hall–Kier alpha value is -2.96. The molecule has 1 aromatic carbocycles. The van der Waals surface area contributed by atoms with E-state index in [9.17, 15) is 9.59 Å². The molecule has 7 nitrogen and oxygen atoms in total. The van der Waals surface area contributed by atoms with Crippen LogP contribution in [0.2, 0.25) is 0 Å². The van der Waals surface area contributed by atoms with Crippen LogP contribution in [0, 0.1) is 0 Å². The Labute approximate surface area is 121 Å². The van der Waals surface area contributed by atoms with Gasteiger partial charge in [-0.05, 0) is 30.3 Å². The van der Waals surface area contributed by atoms with Crippen molar-refractivity contribution in [3.8, 4) is 11.3 Å². The van der Waals surface area contributed by atoms with E-state index in [1.54, 1.807) is 24.3 Å². The van der Waals surface area contributed by atoms with Gasteiger partial charge in [0.15, 0.2) is 5.76 Å². The zero-order chi connectivity index (χ0) is 15.4. The van der Waals surface area contributed by atoms with E-state index in [4.69, 9.17) is 15.9 Å². The molecular weight excluding hydrogens is 272 g/mol. The molecule has 0 atom stereocenters. The quantitative estimate of drug-likeness (QED) is 0.613. The summed E-state index contributed by atoms with van der Waals surface area (Å²) in [6.45, 7) is -0.111. The molecule has 1 aromatic heterocycles. The number of hydrogen-bond acceptors (Lipinski definition) is 5. The first-order valence-electron chi connectivity index (χ1n) is 6.25. The van der Waals surface area contributed by atoms with Crippen LogP contribution < -0.4 is 22.1 Å². The van der Waals surface area contributed by atoms with Gasteiger partial charge in [0.25, 0.3) is 5.91 Å². The van der Waals surface area contributed by atoms with Gasteiger partial charge < -0.3 is 26.5 Å². The Balaban J connectivity index is 2.12. The van der Waals surface area contributed by atoms with E-state index in [2.05, 4.69) is 10.6 Å². The molecular formula is C14H16N4O3. The second-order valence-electron chi connectivity index (χ2n) is 4.36. The van der Waals surface area contributed by atoms with Crippen LogP contribution in [0.25, 0.3) is 11.3 Å². The van der Waals surface area contributed by atoms with Gasteiger partial charge in [0.1, 0.15) is 5.76 Å². The van der Waals surface area contributed by atoms with Crippen LogP contribution in [0.4, 0.5) is 11.4 Å². The Bertz CT molecular complexity index is 679. The SMILES string of the molecule is CNC(=O)CNC(=O)c1ccc(-c2ccc(N)c(N)c2)o1. The first kappa shape index (κ1) is 14.4. The van der Waals surface area contributed by atoms with Gasteiger partial charge in [-0.1, -0.05) is 0 Å².